The van der Waals surface area contributed by atoms with Gasteiger partial charge in [0.05, 0.1) is 17.7 Å². The highest BCUT2D eigenvalue weighted by atomic mass is 32.2. The molecule has 0 saturated carbocycles. The molecule has 0 atom stereocenters. The lowest BCUT2D eigenvalue weighted by Crippen LogP contribution is -2.26. The third-order valence-electron chi connectivity index (χ3n) is 3.35. The summed E-state index contributed by atoms with van der Waals surface area (Å²) in [4.78, 5) is -0.118. The van der Waals surface area contributed by atoms with Gasteiger partial charge in [-0.25, -0.2) is 12.8 Å². The molecule has 0 amide bonds. The van der Waals surface area contributed by atoms with Gasteiger partial charge >= 0.3 is 0 Å². The SMILES string of the molecule is COc1ccc(S(=O)(=O)N(C)c2cc(C)cc(C)c2)cc1F. The van der Waals surface area contributed by atoms with Gasteiger partial charge in [-0.2, -0.15) is 0 Å². The number of anilines is 1. The monoisotopic (exact) mass is 323 g/mol. The zero-order valence-corrected chi connectivity index (χ0v) is 13.7. The minimum absolute atomic E-state index is 0.00741. The van der Waals surface area contributed by atoms with Crippen LogP contribution in [0.4, 0.5) is 10.1 Å². The first-order valence-electron chi connectivity index (χ1n) is 6.66. The summed E-state index contributed by atoms with van der Waals surface area (Å²) in [6.07, 6.45) is 0. The van der Waals surface area contributed by atoms with Crippen LogP contribution in [0.25, 0.3) is 0 Å². The number of rotatable bonds is 4. The largest absolute Gasteiger partial charge is 0.494 e. The van der Waals surface area contributed by atoms with E-state index in [4.69, 9.17) is 4.74 Å². The summed E-state index contributed by atoms with van der Waals surface area (Å²) in [6, 6.07) is 9.09. The lowest BCUT2D eigenvalue weighted by Gasteiger charge is -2.20. The van der Waals surface area contributed by atoms with E-state index in [2.05, 4.69) is 0 Å². The first kappa shape index (κ1) is 16.3. The molecule has 118 valence electrons. The molecule has 0 aromatic heterocycles. The molecule has 2 aromatic carbocycles. The first-order valence-corrected chi connectivity index (χ1v) is 8.10. The van der Waals surface area contributed by atoms with Gasteiger partial charge in [0.2, 0.25) is 0 Å². The zero-order chi connectivity index (χ0) is 16.5. The van der Waals surface area contributed by atoms with Gasteiger partial charge in [-0.3, -0.25) is 4.31 Å². The van der Waals surface area contributed by atoms with Gasteiger partial charge in [-0.05, 0) is 55.3 Å². The normalized spacial score (nSPS) is 11.3. The van der Waals surface area contributed by atoms with E-state index in [1.807, 2.05) is 19.9 Å². The van der Waals surface area contributed by atoms with E-state index in [0.717, 1.165) is 21.5 Å². The van der Waals surface area contributed by atoms with Crippen LogP contribution in [0.5, 0.6) is 5.75 Å². The van der Waals surface area contributed by atoms with Crippen molar-refractivity contribution in [2.75, 3.05) is 18.5 Å². The Morgan fingerprint density at radius 2 is 1.64 bits per heavy atom. The molecule has 0 unspecified atom stereocenters. The van der Waals surface area contributed by atoms with E-state index < -0.39 is 15.8 Å². The second kappa shape index (κ2) is 5.96. The Kier molecular flexibility index (Phi) is 4.42. The van der Waals surface area contributed by atoms with Crippen molar-refractivity contribution in [3.05, 3.63) is 53.3 Å². The number of sulfonamides is 1. The van der Waals surface area contributed by atoms with Crippen LogP contribution in [0.15, 0.2) is 41.3 Å². The van der Waals surface area contributed by atoms with Gasteiger partial charge in [-0.15, -0.1) is 0 Å². The third kappa shape index (κ3) is 3.06. The second-order valence-corrected chi connectivity index (χ2v) is 7.08. The van der Waals surface area contributed by atoms with Crippen LogP contribution >= 0.6 is 0 Å². The van der Waals surface area contributed by atoms with Gasteiger partial charge in [0.15, 0.2) is 11.6 Å². The fourth-order valence-electron chi connectivity index (χ4n) is 2.24. The highest BCUT2D eigenvalue weighted by Gasteiger charge is 2.23. The van der Waals surface area contributed by atoms with Crippen molar-refractivity contribution in [1.82, 2.24) is 0 Å². The molecule has 2 aromatic rings. The number of aryl methyl sites for hydroxylation is 2. The minimum Gasteiger partial charge on any atom is -0.494 e. The van der Waals surface area contributed by atoms with Crippen molar-refractivity contribution >= 4 is 15.7 Å². The molecule has 0 fully saturated rings. The van der Waals surface area contributed by atoms with Crippen molar-refractivity contribution in [2.24, 2.45) is 0 Å². The Morgan fingerprint density at radius 3 is 2.14 bits per heavy atom. The predicted molar refractivity (Wildman–Crippen MR) is 84.5 cm³/mol. The molecule has 0 aliphatic heterocycles. The van der Waals surface area contributed by atoms with Crippen molar-refractivity contribution in [2.45, 2.75) is 18.7 Å². The van der Waals surface area contributed by atoms with Gasteiger partial charge in [-0.1, -0.05) is 6.07 Å². The Balaban J connectivity index is 2.47. The summed E-state index contributed by atoms with van der Waals surface area (Å²) in [5.41, 5.74) is 2.45. The summed E-state index contributed by atoms with van der Waals surface area (Å²) >= 11 is 0. The van der Waals surface area contributed by atoms with Crippen molar-refractivity contribution in [3.8, 4) is 5.75 Å². The summed E-state index contributed by atoms with van der Waals surface area (Å²) in [5.74, 6) is -0.703. The van der Waals surface area contributed by atoms with Crippen molar-refractivity contribution in [3.63, 3.8) is 0 Å². The van der Waals surface area contributed by atoms with Crippen LogP contribution in [-0.2, 0) is 10.0 Å². The third-order valence-corrected chi connectivity index (χ3v) is 5.13. The number of hydrogen-bond acceptors (Lipinski definition) is 3. The van der Waals surface area contributed by atoms with Crippen LogP contribution < -0.4 is 9.04 Å². The number of methoxy groups -OCH3 is 1. The Morgan fingerprint density at radius 1 is 1.05 bits per heavy atom. The van der Waals surface area contributed by atoms with Gasteiger partial charge < -0.3 is 4.74 Å². The highest BCUT2D eigenvalue weighted by molar-refractivity contribution is 7.92. The molecule has 0 aliphatic rings. The fraction of sp³-hybridized carbons (Fsp3) is 0.250. The average Bonchev–Trinajstić information content (AvgIpc) is 2.45. The Bertz CT molecular complexity index is 783. The van der Waals surface area contributed by atoms with E-state index in [9.17, 15) is 12.8 Å². The maximum atomic E-state index is 13.8. The predicted octanol–water partition coefficient (Wildman–Crippen LogP) is 3.28. The van der Waals surface area contributed by atoms with Crippen LogP contribution in [0.2, 0.25) is 0 Å². The van der Waals surface area contributed by atoms with Gasteiger partial charge in [0.1, 0.15) is 0 Å². The quantitative estimate of drug-likeness (QED) is 0.867. The Labute approximate surface area is 130 Å². The van der Waals surface area contributed by atoms with Crippen molar-refractivity contribution in [1.29, 1.82) is 0 Å². The van der Waals surface area contributed by atoms with E-state index in [1.54, 1.807) is 12.1 Å². The molecule has 0 bridgehead atoms. The van der Waals surface area contributed by atoms with E-state index >= 15 is 0 Å². The van der Waals surface area contributed by atoms with Crippen LogP contribution in [0.1, 0.15) is 11.1 Å². The molecule has 0 aliphatic carbocycles. The summed E-state index contributed by atoms with van der Waals surface area (Å²) in [7, 11) is -1.06. The standard InChI is InChI=1S/C16H18FNO3S/c1-11-7-12(2)9-13(8-11)18(3)22(19,20)14-5-6-16(21-4)15(17)10-14/h5-10H,1-4H3. The molecular formula is C16H18FNO3S. The maximum Gasteiger partial charge on any atom is 0.264 e. The highest BCUT2D eigenvalue weighted by Crippen LogP contribution is 2.27. The summed E-state index contributed by atoms with van der Waals surface area (Å²) in [6.45, 7) is 3.79. The lowest BCUT2D eigenvalue weighted by molar-refractivity contribution is 0.385. The summed E-state index contributed by atoms with van der Waals surface area (Å²) < 4.78 is 45.0. The minimum atomic E-state index is -3.84. The molecule has 0 saturated heterocycles. The molecule has 0 radical (unpaired) electrons. The topological polar surface area (TPSA) is 46.6 Å². The molecule has 6 heteroatoms. The molecule has 0 heterocycles. The zero-order valence-electron chi connectivity index (χ0n) is 12.9. The van der Waals surface area contributed by atoms with Gasteiger partial charge in [0.25, 0.3) is 10.0 Å². The average molecular weight is 323 g/mol. The first-order chi connectivity index (χ1) is 10.3. The maximum absolute atomic E-state index is 13.8. The van der Waals surface area contributed by atoms with E-state index in [0.29, 0.717) is 5.69 Å². The molecule has 2 rings (SSSR count). The molecule has 0 spiro atoms. The molecule has 4 nitrogen and oxygen atoms in total. The number of ether oxygens (including phenoxy) is 1. The number of hydrogen-bond donors (Lipinski definition) is 0. The van der Waals surface area contributed by atoms with Crippen LogP contribution in [-0.4, -0.2) is 22.6 Å². The second-order valence-electron chi connectivity index (χ2n) is 5.11. The Hall–Kier alpha value is -2.08. The van der Waals surface area contributed by atoms with Gasteiger partial charge in [0, 0.05) is 7.05 Å². The van der Waals surface area contributed by atoms with E-state index in [-0.39, 0.29) is 10.6 Å². The lowest BCUT2D eigenvalue weighted by atomic mass is 10.1. The molecular weight excluding hydrogens is 305 g/mol. The van der Waals surface area contributed by atoms with Crippen molar-refractivity contribution < 1.29 is 17.5 Å². The van der Waals surface area contributed by atoms with Crippen LogP contribution in [0.3, 0.4) is 0 Å². The smallest absolute Gasteiger partial charge is 0.264 e. The number of halogens is 1. The number of nitrogens with zero attached hydrogens (tertiary/aromatic N) is 1. The fourth-order valence-corrected chi connectivity index (χ4v) is 3.43. The van der Waals surface area contributed by atoms with Crippen LogP contribution in [0, 0.1) is 19.7 Å². The number of benzene rings is 2. The molecule has 22 heavy (non-hydrogen) atoms. The molecule has 0 N–H and O–H groups in total. The van der Waals surface area contributed by atoms with E-state index in [1.165, 1.54) is 26.3 Å². The summed E-state index contributed by atoms with van der Waals surface area (Å²) in [5, 5.41) is 0.